The van der Waals surface area contributed by atoms with Crippen LogP contribution >= 0.6 is 0 Å². The van der Waals surface area contributed by atoms with Crippen molar-refractivity contribution in [2.24, 2.45) is 0 Å². The Kier molecular flexibility index (Phi) is 3.77. The van der Waals surface area contributed by atoms with Gasteiger partial charge in [0.15, 0.2) is 11.6 Å². The van der Waals surface area contributed by atoms with Gasteiger partial charge in [0.2, 0.25) is 5.82 Å². The highest BCUT2D eigenvalue weighted by Crippen LogP contribution is 2.28. The summed E-state index contributed by atoms with van der Waals surface area (Å²) in [5, 5.41) is 0. The van der Waals surface area contributed by atoms with E-state index in [-0.39, 0.29) is 5.75 Å². The monoisotopic (exact) mass is 250 g/mol. The maximum absolute atomic E-state index is 13.4. The van der Waals surface area contributed by atoms with Crippen molar-refractivity contribution in [3.8, 4) is 17.2 Å². The fraction of sp³-hybridized carbons (Fsp3) is 0.143. The molecule has 0 fully saturated rings. The van der Waals surface area contributed by atoms with Gasteiger partial charge in [-0.1, -0.05) is 12.1 Å². The van der Waals surface area contributed by atoms with Gasteiger partial charge in [-0.05, 0) is 31.2 Å². The quantitative estimate of drug-likeness (QED) is 0.811. The van der Waals surface area contributed by atoms with Gasteiger partial charge in [0, 0.05) is 6.07 Å². The second kappa shape index (κ2) is 5.49. The topological polar surface area (TPSA) is 18.5 Å². The first kappa shape index (κ1) is 12.4. The normalized spacial score (nSPS) is 10.2. The molecule has 0 aliphatic heterocycles. The molecule has 0 saturated heterocycles. The summed E-state index contributed by atoms with van der Waals surface area (Å²) in [6, 6.07) is 10.5. The first-order chi connectivity index (χ1) is 8.70. The molecule has 0 aliphatic rings. The molecule has 18 heavy (non-hydrogen) atoms. The van der Waals surface area contributed by atoms with Crippen molar-refractivity contribution in [1.29, 1.82) is 0 Å². The summed E-state index contributed by atoms with van der Waals surface area (Å²) in [5.74, 6) is -1.08. The number of hydrogen-bond donors (Lipinski definition) is 0. The lowest BCUT2D eigenvalue weighted by Gasteiger charge is -2.09. The third-order valence-electron chi connectivity index (χ3n) is 2.26. The summed E-state index contributed by atoms with van der Waals surface area (Å²) in [6.07, 6.45) is 0. The van der Waals surface area contributed by atoms with E-state index in [2.05, 4.69) is 0 Å². The Hall–Kier alpha value is -2.10. The second-order valence-corrected chi connectivity index (χ2v) is 3.56. The van der Waals surface area contributed by atoms with E-state index >= 15 is 0 Å². The van der Waals surface area contributed by atoms with Gasteiger partial charge in [-0.15, -0.1) is 0 Å². The predicted octanol–water partition coefficient (Wildman–Crippen LogP) is 4.16. The number of ether oxygens (including phenoxy) is 2. The Labute approximate surface area is 104 Å². The van der Waals surface area contributed by atoms with Crippen LogP contribution in [0.25, 0.3) is 0 Å². The average molecular weight is 250 g/mol. The molecule has 4 heteroatoms. The first-order valence-electron chi connectivity index (χ1n) is 5.55. The molecule has 0 unspecified atom stereocenters. The number of hydrogen-bond acceptors (Lipinski definition) is 2. The molecule has 2 aromatic carbocycles. The molecule has 2 rings (SSSR count). The summed E-state index contributed by atoms with van der Waals surface area (Å²) in [6.45, 7) is 2.39. The lowest BCUT2D eigenvalue weighted by atomic mass is 10.3. The zero-order valence-corrected chi connectivity index (χ0v) is 9.82. The third kappa shape index (κ3) is 2.77. The van der Waals surface area contributed by atoms with Crippen molar-refractivity contribution in [1.82, 2.24) is 0 Å². The molecule has 0 amide bonds. The minimum absolute atomic E-state index is 0.149. The van der Waals surface area contributed by atoms with Crippen molar-refractivity contribution < 1.29 is 18.3 Å². The number of halogens is 2. The van der Waals surface area contributed by atoms with Crippen molar-refractivity contribution in [2.45, 2.75) is 6.92 Å². The van der Waals surface area contributed by atoms with Crippen LogP contribution in [0.1, 0.15) is 6.92 Å². The summed E-state index contributed by atoms with van der Waals surface area (Å²) in [5.41, 5.74) is 0. The van der Waals surface area contributed by atoms with E-state index in [9.17, 15) is 8.78 Å². The van der Waals surface area contributed by atoms with Crippen LogP contribution in [0.3, 0.4) is 0 Å². The molecule has 0 spiro atoms. The van der Waals surface area contributed by atoms with Crippen molar-refractivity contribution >= 4 is 0 Å². The van der Waals surface area contributed by atoms with E-state index in [1.807, 2.05) is 6.92 Å². The maximum atomic E-state index is 13.4. The van der Waals surface area contributed by atoms with Gasteiger partial charge in [-0.2, -0.15) is 4.39 Å². The fourth-order valence-corrected chi connectivity index (χ4v) is 1.48. The molecule has 0 radical (unpaired) electrons. The Morgan fingerprint density at radius 3 is 2.50 bits per heavy atom. The van der Waals surface area contributed by atoms with Crippen molar-refractivity contribution in [2.75, 3.05) is 6.61 Å². The van der Waals surface area contributed by atoms with E-state index in [1.165, 1.54) is 12.1 Å². The lowest BCUT2D eigenvalue weighted by Crippen LogP contribution is -1.93. The lowest BCUT2D eigenvalue weighted by molar-refractivity contribution is 0.337. The highest BCUT2D eigenvalue weighted by molar-refractivity contribution is 5.37. The Bertz CT molecular complexity index is 541. The Morgan fingerprint density at radius 2 is 1.72 bits per heavy atom. The summed E-state index contributed by atoms with van der Waals surface area (Å²) in [7, 11) is 0. The molecule has 2 aromatic rings. The number of rotatable bonds is 4. The van der Waals surface area contributed by atoms with Gasteiger partial charge in [0.1, 0.15) is 11.5 Å². The summed E-state index contributed by atoms with van der Waals surface area (Å²) >= 11 is 0. The molecule has 0 saturated carbocycles. The van der Waals surface area contributed by atoms with Gasteiger partial charge in [-0.3, -0.25) is 0 Å². The van der Waals surface area contributed by atoms with Crippen LogP contribution in [0.2, 0.25) is 0 Å². The van der Waals surface area contributed by atoms with E-state index in [0.29, 0.717) is 18.1 Å². The van der Waals surface area contributed by atoms with Crippen LogP contribution in [-0.2, 0) is 0 Å². The molecule has 0 aromatic heterocycles. The second-order valence-electron chi connectivity index (χ2n) is 3.56. The van der Waals surface area contributed by atoms with Crippen LogP contribution in [0.15, 0.2) is 42.5 Å². The van der Waals surface area contributed by atoms with Gasteiger partial charge < -0.3 is 9.47 Å². The third-order valence-corrected chi connectivity index (χ3v) is 2.26. The van der Waals surface area contributed by atoms with Crippen LogP contribution < -0.4 is 9.47 Å². The van der Waals surface area contributed by atoms with Gasteiger partial charge in [0.05, 0.1) is 6.61 Å². The molecule has 0 N–H and O–H groups in total. The van der Waals surface area contributed by atoms with Crippen LogP contribution in [-0.4, -0.2) is 6.61 Å². The zero-order chi connectivity index (χ0) is 13.0. The van der Waals surface area contributed by atoms with E-state index in [1.54, 1.807) is 24.3 Å². The van der Waals surface area contributed by atoms with Gasteiger partial charge in [0.25, 0.3) is 0 Å². The summed E-state index contributed by atoms with van der Waals surface area (Å²) < 4.78 is 37.0. The smallest absolute Gasteiger partial charge is 0.201 e. The average Bonchev–Trinajstić information content (AvgIpc) is 2.36. The minimum atomic E-state index is -1.00. The van der Waals surface area contributed by atoms with E-state index in [4.69, 9.17) is 9.47 Å². The van der Waals surface area contributed by atoms with E-state index in [0.717, 1.165) is 6.07 Å². The zero-order valence-electron chi connectivity index (χ0n) is 9.82. The molecule has 0 heterocycles. The van der Waals surface area contributed by atoms with Gasteiger partial charge in [-0.25, -0.2) is 4.39 Å². The first-order valence-corrected chi connectivity index (χ1v) is 5.55. The molecule has 0 aliphatic carbocycles. The van der Waals surface area contributed by atoms with Crippen LogP contribution in [0.5, 0.6) is 17.2 Å². The number of benzene rings is 2. The molecule has 0 atom stereocenters. The standard InChI is InChI=1S/C14H12F2O2/c1-2-17-10-5-3-6-11(9-10)18-13-8-4-7-12(15)14(13)16/h3-9H,2H2,1H3. The maximum Gasteiger partial charge on any atom is 0.201 e. The highest BCUT2D eigenvalue weighted by atomic mass is 19.2. The largest absolute Gasteiger partial charge is 0.494 e. The Balaban J connectivity index is 2.23. The molecular formula is C14H12F2O2. The molecular weight excluding hydrogens is 238 g/mol. The Morgan fingerprint density at radius 1 is 1.00 bits per heavy atom. The van der Waals surface area contributed by atoms with E-state index < -0.39 is 11.6 Å². The molecule has 0 bridgehead atoms. The fourth-order valence-electron chi connectivity index (χ4n) is 1.48. The van der Waals surface area contributed by atoms with Crippen LogP contribution in [0, 0.1) is 11.6 Å². The SMILES string of the molecule is CCOc1cccc(Oc2cccc(F)c2F)c1. The van der Waals surface area contributed by atoms with Crippen LogP contribution in [0.4, 0.5) is 8.78 Å². The predicted molar refractivity (Wildman–Crippen MR) is 64.0 cm³/mol. The van der Waals surface area contributed by atoms with Gasteiger partial charge >= 0.3 is 0 Å². The highest BCUT2D eigenvalue weighted by Gasteiger charge is 2.09. The molecule has 94 valence electrons. The minimum Gasteiger partial charge on any atom is -0.494 e. The summed E-state index contributed by atoms with van der Waals surface area (Å²) in [4.78, 5) is 0. The molecule has 2 nitrogen and oxygen atoms in total. The van der Waals surface area contributed by atoms with Crippen molar-refractivity contribution in [3.05, 3.63) is 54.1 Å². The van der Waals surface area contributed by atoms with Crippen molar-refractivity contribution in [3.63, 3.8) is 0 Å².